The van der Waals surface area contributed by atoms with Gasteiger partial charge >= 0.3 is 5.97 Å². The van der Waals surface area contributed by atoms with Crippen LogP contribution in [-0.4, -0.2) is 62.4 Å². The predicted octanol–water partition coefficient (Wildman–Crippen LogP) is 0.397. The highest BCUT2D eigenvalue weighted by Gasteiger charge is 2.37. The average molecular weight is 388 g/mol. The maximum absolute atomic E-state index is 12.8. The lowest BCUT2D eigenvalue weighted by molar-refractivity contribution is 0.00906. The normalized spacial score (nSPS) is 13.7. The Morgan fingerprint density at radius 2 is 1.68 bits per heavy atom. The number of esters is 1. The molecule has 3 rings (SSSR count). The molecule has 2 aromatic carbocycles. The van der Waals surface area contributed by atoms with Crippen LogP contribution in [0.25, 0.3) is 0 Å². The van der Waals surface area contributed by atoms with Crippen LogP contribution in [0.3, 0.4) is 0 Å². The summed E-state index contributed by atoms with van der Waals surface area (Å²) in [5.41, 5.74) is -1.54. The topological polar surface area (TPSA) is 162 Å². The number of ketones is 2. The van der Waals surface area contributed by atoms with Gasteiger partial charge < -0.3 is 30.3 Å². The van der Waals surface area contributed by atoms with Crippen LogP contribution in [0, 0.1) is 6.92 Å². The van der Waals surface area contributed by atoms with Gasteiger partial charge in [0, 0.05) is 17.2 Å². The number of fused-ring (bicyclic) bond motifs is 2. The quantitative estimate of drug-likeness (QED) is 0.398. The van der Waals surface area contributed by atoms with E-state index in [0.717, 1.165) is 12.1 Å². The first-order valence-electron chi connectivity index (χ1n) is 8.15. The largest absolute Gasteiger partial charge is 0.508 e. The number of hydrogen-bond acceptors (Lipinski definition) is 9. The Morgan fingerprint density at radius 3 is 2.32 bits per heavy atom. The van der Waals surface area contributed by atoms with Gasteiger partial charge in [0.2, 0.25) is 5.78 Å². The molecule has 9 nitrogen and oxygen atoms in total. The van der Waals surface area contributed by atoms with E-state index in [2.05, 4.69) is 0 Å². The molecule has 0 saturated heterocycles. The number of carbonyl (C=O) groups excluding carboxylic acids is 3. The monoisotopic (exact) mass is 388 g/mol. The highest BCUT2D eigenvalue weighted by Crippen LogP contribution is 2.41. The minimum atomic E-state index is -1.32. The van der Waals surface area contributed by atoms with Gasteiger partial charge in [-0.25, -0.2) is 4.79 Å². The van der Waals surface area contributed by atoms with E-state index in [1.165, 1.54) is 13.0 Å². The molecule has 0 radical (unpaired) electrons. The van der Waals surface area contributed by atoms with Crippen molar-refractivity contribution in [1.29, 1.82) is 0 Å². The zero-order valence-electron chi connectivity index (χ0n) is 14.6. The van der Waals surface area contributed by atoms with Gasteiger partial charge in [-0.05, 0) is 24.6 Å². The van der Waals surface area contributed by atoms with Crippen molar-refractivity contribution >= 4 is 17.5 Å². The lowest BCUT2D eigenvalue weighted by Crippen LogP contribution is -2.25. The number of aryl methyl sites for hydroxylation is 1. The molecule has 5 N–H and O–H groups in total. The zero-order valence-corrected chi connectivity index (χ0v) is 14.6. The Morgan fingerprint density at radius 1 is 1.04 bits per heavy atom. The maximum atomic E-state index is 12.8. The summed E-state index contributed by atoms with van der Waals surface area (Å²) in [4.78, 5) is 37.8. The number of carbonyl (C=O) groups is 3. The molecule has 1 atom stereocenters. The molecule has 0 aromatic heterocycles. The highest BCUT2D eigenvalue weighted by atomic mass is 16.5. The smallest absolute Gasteiger partial charge is 0.342 e. The van der Waals surface area contributed by atoms with E-state index in [-0.39, 0.29) is 22.3 Å². The molecule has 1 aliphatic carbocycles. The van der Waals surface area contributed by atoms with E-state index in [0.29, 0.717) is 0 Å². The minimum Gasteiger partial charge on any atom is -0.508 e. The third-order valence-electron chi connectivity index (χ3n) is 4.37. The van der Waals surface area contributed by atoms with Crippen LogP contribution in [0.1, 0.15) is 47.8 Å². The number of benzene rings is 2. The fourth-order valence-electron chi connectivity index (χ4n) is 3.06. The zero-order chi connectivity index (χ0) is 20.7. The molecule has 0 unspecified atom stereocenters. The molecule has 0 amide bonds. The molecule has 0 spiro atoms. The summed E-state index contributed by atoms with van der Waals surface area (Å²) in [5.74, 6) is -4.53. The fraction of sp³-hybridized carbons (Fsp3) is 0.211. The molecule has 1 aliphatic rings. The molecule has 2 aromatic rings. The third-order valence-corrected chi connectivity index (χ3v) is 4.37. The highest BCUT2D eigenvalue weighted by molar-refractivity contribution is 6.31. The lowest BCUT2D eigenvalue weighted by atomic mass is 9.81. The first kappa shape index (κ1) is 19.3. The van der Waals surface area contributed by atoms with Gasteiger partial charge in [-0.15, -0.1) is 0 Å². The van der Waals surface area contributed by atoms with Crippen molar-refractivity contribution < 1.29 is 44.7 Å². The van der Waals surface area contributed by atoms with E-state index in [4.69, 9.17) is 9.84 Å². The average Bonchev–Trinajstić information content (AvgIpc) is 2.62. The van der Waals surface area contributed by atoms with Gasteiger partial charge in [0.05, 0.1) is 17.7 Å². The Bertz CT molecular complexity index is 1020. The Kier molecular flexibility index (Phi) is 4.80. The Hall–Kier alpha value is -3.43. The van der Waals surface area contributed by atoms with Gasteiger partial charge in [-0.2, -0.15) is 0 Å². The Balaban J connectivity index is 2.14. The first-order chi connectivity index (χ1) is 13.2. The van der Waals surface area contributed by atoms with Gasteiger partial charge in [-0.1, -0.05) is 0 Å². The minimum absolute atomic E-state index is 0.133. The molecule has 0 fully saturated rings. The molecule has 146 valence electrons. The number of aliphatic hydroxyl groups excluding tert-OH is 2. The summed E-state index contributed by atoms with van der Waals surface area (Å²) in [6.45, 7) is 0.228. The molecule has 9 heteroatoms. The van der Waals surface area contributed by atoms with Crippen molar-refractivity contribution in [3.63, 3.8) is 0 Å². The molecule has 0 heterocycles. The van der Waals surface area contributed by atoms with E-state index in [1.54, 1.807) is 0 Å². The second-order valence-electron chi connectivity index (χ2n) is 6.32. The van der Waals surface area contributed by atoms with Crippen molar-refractivity contribution in [3.8, 4) is 17.2 Å². The number of ether oxygens (including phenoxy) is 1. The summed E-state index contributed by atoms with van der Waals surface area (Å²) in [7, 11) is 0. The molecule has 28 heavy (non-hydrogen) atoms. The van der Waals surface area contributed by atoms with Crippen LogP contribution in [0.2, 0.25) is 0 Å². The van der Waals surface area contributed by atoms with Crippen LogP contribution >= 0.6 is 0 Å². The van der Waals surface area contributed by atoms with Crippen LogP contribution in [0.15, 0.2) is 18.2 Å². The van der Waals surface area contributed by atoms with E-state index < -0.39 is 65.2 Å². The maximum Gasteiger partial charge on any atom is 0.342 e. The molecule has 0 bridgehead atoms. The third kappa shape index (κ3) is 2.96. The lowest BCUT2D eigenvalue weighted by Gasteiger charge is -2.22. The van der Waals surface area contributed by atoms with Crippen molar-refractivity contribution in [2.75, 3.05) is 13.2 Å². The van der Waals surface area contributed by atoms with Gasteiger partial charge in [-0.3, -0.25) is 9.59 Å². The van der Waals surface area contributed by atoms with Crippen LogP contribution in [0.5, 0.6) is 17.2 Å². The SMILES string of the molecule is Cc1cc2c(c(O)c1C(=O)OC[C@@H](O)CO)C(=O)c1c(O)cc(O)cc1C2=O. The van der Waals surface area contributed by atoms with Crippen LogP contribution < -0.4 is 0 Å². The summed E-state index contributed by atoms with van der Waals surface area (Å²) in [6, 6.07) is 3.13. The summed E-state index contributed by atoms with van der Waals surface area (Å²) < 4.78 is 4.82. The second-order valence-corrected chi connectivity index (χ2v) is 6.32. The van der Waals surface area contributed by atoms with Crippen molar-refractivity contribution in [1.82, 2.24) is 0 Å². The van der Waals surface area contributed by atoms with E-state index in [9.17, 15) is 34.8 Å². The second kappa shape index (κ2) is 6.95. The van der Waals surface area contributed by atoms with E-state index in [1.807, 2.05) is 0 Å². The van der Waals surface area contributed by atoms with Crippen molar-refractivity contribution in [2.24, 2.45) is 0 Å². The number of aromatic hydroxyl groups is 3. The van der Waals surface area contributed by atoms with Gasteiger partial charge in [0.1, 0.15) is 35.5 Å². The van der Waals surface area contributed by atoms with Crippen molar-refractivity contribution in [3.05, 3.63) is 51.6 Å². The fourth-order valence-corrected chi connectivity index (χ4v) is 3.06. The molecular weight excluding hydrogens is 372 g/mol. The van der Waals surface area contributed by atoms with Crippen LogP contribution in [0.4, 0.5) is 0 Å². The number of hydrogen-bond donors (Lipinski definition) is 5. The van der Waals surface area contributed by atoms with Gasteiger partial charge in [0.25, 0.3) is 0 Å². The van der Waals surface area contributed by atoms with Gasteiger partial charge in [0.15, 0.2) is 5.78 Å². The summed E-state index contributed by atoms with van der Waals surface area (Å²) >= 11 is 0. The van der Waals surface area contributed by atoms with Crippen LogP contribution in [-0.2, 0) is 4.74 Å². The molecule has 0 aliphatic heterocycles. The predicted molar refractivity (Wildman–Crippen MR) is 92.9 cm³/mol. The summed E-state index contributed by atoms with van der Waals surface area (Å²) in [5, 5.41) is 48.2. The molecular formula is C19H16O9. The standard InChI is InChI=1S/C19H16O9/c1-7-2-10-15(17(25)13(7)19(27)28-6-9(22)5-20)18(26)14-11(16(10)24)3-8(21)4-12(14)23/h2-4,9,20-23,25H,5-6H2,1H3/t9-/m0/s1. The van der Waals surface area contributed by atoms with Crippen molar-refractivity contribution in [2.45, 2.75) is 13.0 Å². The number of rotatable bonds is 4. The number of aliphatic hydroxyl groups is 2. The van der Waals surface area contributed by atoms with E-state index >= 15 is 0 Å². The summed E-state index contributed by atoms with van der Waals surface area (Å²) in [6.07, 6.45) is -1.32. The molecule has 0 saturated carbocycles. The number of phenolic OH excluding ortho intramolecular Hbond substituents is 3. The Labute approximate surface area is 158 Å². The number of phenols is 3. The first-order valence-corrected chi connectivity index (χ1v) is 8.15.